The quantitative estimate of drug-likeness (QED) is 0.457. The van der Waals surface area contributed by atoms with Crippen LogP contribution < -0.4 is 10.6 Å². The molecule has 3 N–H and O–H groups in total. The fraction of sp³-hybridized carbons (Fsp3) is 0.400. The number of carboxylic acids is 1. The van der Waals surface area contributed by atoms with Gasteiger partial charge in [-0.3, -0.25) is 4.79 Å². The minimum absolute atomic E-state index is 0.0187. The Morgan fingerprint density at radius 1 is 1.00 bits per heavy atom. The highest BCUT2D eigenvalue weighted by Gasteiger charge is 2.34. The van der Waals surface area contributed by atoms with Crippen LogP contribution in [0.2, 0.25) is 0 Å². The van der Waals surface area contributed by atoms with Gasteiger partial charge in [0.2, 0.25) is 5.91 Å². The van der Waals surface area contributed by atoms with Crippen LogP contribution in [0.4, 0.5) is 4.79 Å². The van der Waals surface area contributed by atoms with Crippen molar-refractivity contribution in [3.63, 3.8) is 0 Å². The van der Waals surface area contributed by atoms with E-state index in [1.165, 1.54) is 0 Å². The van der Waals surface area contributed by atoms with Crippen LogP contribution in [-0.2, 0) is 23.8 Å². The summed E-state index contributed by atoms with van der Waals surface area (Å²) in [6.45, 7) is 0.755. The number of rotatable bonds is 10. The highest BCUT2D eigenvalue weighted by atomic mass is 16.5. The van der Waals surface area contributed by atoms with Gasteiger partial charge in [-0.2, -0.15) is 0 Å². The largest absolute Gasteiger partial charge is 0.480 e. The molecule has 34 heavy (non-hydrogen) atoms. The number of hydrogen-bond acceptors (Lipinski definition) is 6. The van der Waals surface area contributed by atoms with Crippen molar-refractivity contribution in [1.82, 2.24) is 10.6 Å². The van der Waals surface area contributed by atoms with Crippen molar-refractivity contribution in [2.24, 2.45) is 5.92 Å². The van der Waals surface area contributed by atoms with Crippen LogP contribution in [0.15, 0.2) is 48.5 Å². The van der Waals surface area contributed by atoms with Crippen LogP contribution in [0.1, 0.15) is 23.5 Å². The number of alkyl carbamates (subject to hydrolysis) is 1. The van der Waals surface area contributed by atoms with Gasteiger partial charge in [-0.15, -0.1) is 0 Å². The van der Waals surface area contributed by atoms with Gasteiger partial charge >= 0.3 is 12.1 Å². The maximum Gasteiger partial charge on any atom is 0.407 e. The van der Waals surface area contributed by atoms with Crippen LogP contribution in [0.3, 0.4) is 0 Å². The lowest BCUT2D eigenvalue weighted by molar-refractivity contribution is -0.142. The number of hydrogen-bond donors (Lipinski definition) is 3. The molecule has 2 aliphatic rings. The topological polar surface area (TPSA) is 123 Å². The predicted octanol–water partition coefficient (Wildman–Crippen LogP) is 2.15. The molecule has 180 valence electrons. The molecule has 2 amide bonds. The number of ether oxygens (including phenoxy) is 3. The number of carbonyl (C=O) groups excluding carboxylic acids is 2. The van der Waals surface area contributed by atoms with E-state index in [0.717, 1.165) is 22.3 Å². The van der Waals surface area contributed by atoms with Crippen molar-refractivity contribution >= 4 is 18.0 Å². The lowest BCUT2D eigenvalue weighted by atomic mass is 9.98. The maximum absolute atomic E-state index is 12.4. The predicted molar refractivity (Wildman–Crippen MR) is 122 cm³/mol. The number of carboxylic acid groups (broad SMARTS) is 1. The zero-order valence-electron chi connectivity index (χ0n) is 18.7. The Morgan fingerprint density at radius 2 is 1.68 bits per heavy atom. The Bertz CT molecular complexity index is 996. The van der Waals surface area contributed by atoms with Crippen molar-refractivity contribution < 1.29 is 33.7 Å². The summed E-state index contributed by atoms with van der Waals surface area (Å²) in [5.41, 5.74) is 4.62. The summed E-state index contributed by atoms with van der Waals surface area (Å²) in [6.07, 6.45) is -0.583. The van der Waals surface area contributed by atoms with Gasteiger partial charge in [-0.1, -0.05) is 48.5 Å². The van der Waals surface area contributed by atoms with Crippen LogP contribution in [0.25, 0.3) is 11.1 Å². The number of carbonyl (C=O) groups is 3. The summed E-state index contributed by atoms with van der Waals surface area (Å²) in [5, 5.41) is 14.0. The van der Waals surface area contributed by atoms with Gasteiger partial charge in [0.15, 0.2) is 0 Å². The molecule has 0 bridgehead atoms. The van der Waals surface area contributed by atoms with E-state index < -0.39 is 24.8 Å². The summed E-state index contributed by atoms with van der Waals surface area (Å²) in [4.78, 5) is 35.2. The molecule has 1 saturated heterocycles. The van der Waals surface area contributed by atoms with Gasteiger partial charge in [0, 0.05) is 31.5 Å². The molecular formula is C25H28N2O7. The Labute approximate surface area is 197 Å². The van der Waals surface area contributed by atoms with Crippen molar-refractivity contribution in [2.45, 2.75) is 18.4 Å². The number of nitrogens with one attached hydrogen (secondary N) is 2. The first-order valence-corrected chi connectivity index (χ1v) is 11.3. The van der Waals surface area contributed by atoms with Gasteiger partial charge < -0.3 is 30.0 Å². The molecule has 2 atom stereocenters. The minimum atomic E-state index is -1.06. The van der Waals surface area contributed by atoms with Gasteiger partial charge in [-0.05, 0) is 28.7 Å². The second-order valence-electron chi connectivity index (χ2n) is 8.28. The van der Waals surface area contributed by atoms with Gasteiger partial charge in [0.05, 0.1) is 6.61 Å². The Hall–Kier alpha value is -3.43. The molecule has 9 heteroatoms. The number of amides is 2. The second kappa shape index (κ2) is 11.1. The summed E-state index contributed by atoms with van der Waals surface area (Å²) in [7, 11) is 0. The van der Waals surface area contributed by atoms with E-state index in [4.69, 9.17) is 19.3 Å². The third kappa shape index (κ3) is 5.55. The smallest absolute Gasteiger partial charge is 0.407 e. The molecule has 0 radical (unpaired) electrons. The Balaban J connectivity index is 1.23. The van der Waals surface area contributed by atoms with Crippen molar-refractivity contribution in [3.8, 4) is 11.1 Å². The second-order valence-corrected chi connectivity index (χ2v) is 8.28. The zero-order valence-corrected chi connectivity index (χ0v) is 18.7. The van der Waals surface area contributed by atoms with Gasteiger partial charge in [0.1, 0.15) is 19.3 Å². The average molecular weight is 469 g/mol. The van der Waals surface area contributed by atoms with E-state index in [-0.39, 0.29) is 44.0 Å². The number of benzene rings is 2. The van der Waals surface area contributed by atoms with E-state index in [1.54, 1.807) is 0 Å². The molecule has 0 aromatic heterocycles. The van der Waals surface area contributed by atoms with Gasteiger partial charge in [-0.25, -0.2) is 9.59 Å². The number of fused-ring (bicyclic) bond motifs is 3. The van der Waals surface area contributed by atoms with Gasteiger partial charge in [0.25, 0.3) is 0 Å². The normalized spacial score (nSPS) is 18.7. The van der Waals surface area contributed by atoms with E-state index in [0.29, 0.717) is 13.0 Å². The highest BCUT2D eigenvalue weighted by Crippen LogP contribution is 2.44. The third-order valence-corrected chi connectivity index (χ3v) is 6.10. The van der Waals surface area contributed by atoms with Crippen LogP contribution in [0.5, 0.6) is 0 Å². The first-order valence-electron chi connectivity index (χ1n) is 11.3. The number of aliphatic carboxylic acids is 1. The summed E-state index contributed by atoms with van der Waals surface area (Å²) in [5.74, 6) is -1.57. The molecular weight excluding hydrogens is 440 g/mol. The Kier molecular flexibility index (Phi) is 7.76. The Morgan fingerprint density at radius 3 is 2.35 bits per heavy atom. The molecule has 9 nitrogen and oxygen atoms in total. The monoisotopic (exact) mass is 468 g/mol. The maximum atomic E-state index is 12.4. The molecule has 4 rings (SSSR count). The van der Waals surface area contributed by atoms with Crippen molar-refractivity contribution in [3.05, 3.63) is 59.7 Å². The zero-order chi connectivity index (χ0) is 23.9. The third-order valence-electron chi connectivity index (χ3n) is 6.10. The van der Waals surface area contributed by atoms with Crippen LogP contribution >= 0.6 is 0 Å². The highest BCUT2D eigenvalue weighted by molar-refractivity contribution is 5.81. The first kappa shape index (κ1) is 23.7. The summed E-state index contributed by atoms with van der Waals surface area (Å²) in [6, 6.07) is 16.3. The molecule has 1 aliphatic carbocycles. The molecule has 1 heterocycles. The van der Waals surface area contributed by atoms with Crippen molar-refractivity contribution in [1.29, 1.82) is 0 Å². The summed E-state index contributed by atoms with van der Waals surface area (Å²) >= 11 is 0. The molecule has 0 saturated carbocycles. The van der Waals surface area contributed by atoms with E-state index in [9.17, 15) is 14.4 Å². The van der Waals surface area contributed by atoms with E-state index in [1.807, 2.05) is 24.3 Å². The fourth-order valence-corrected chi connectivity index (χ4v) is 4.50. The minimum Gasteiger partial charge on any atom is -0.480 e. The lowest BCUT2D eigenvalue weighted by Crippen LogP contribution is -2.43. The molecule has 2 aromatic rings. The molecule has 2 aromatic carbocycles. The van der Waals surface area contributed by atoms with Crippen LogP contribution in [0, 0.1) is 5.92 Å². The van der Waals surface area contributed by atoms with E-state index in [2.05, 4.69) is 34.9 Å². The average Bonchev–Trinajstić information content (AvgIpc) is 3.44. The standard InChI is InChI=1S/C25H28N2O7/c28-22(29)15-32-12-10-26-24(30)23-16(9-11-33-23)13-27-25(31)34-14-21-19-7-3-1-5-17(19)18-6-2-4-8-20(18)21/h1-8,16,21,23H,9-15H2,(H,26,30)(H,27,31)(H,28,29)/t16-,23-/m0/s1. The molecule has 0 spiro atoms. The molecule has 0 unspecified atom stereocenters. The lowest BCUT2D eigenvalue weighted by Gasteiger charge is -2.19. The first-order chi connectivity index (χ1) is 16.5. The SMILES string of the molecule is O=C(O)COCCNC(=O)[C@H]1OCC[C@H]1CNC(=O)OCC1c2ccccc2-c2ccccc21. The van der Waals surface area contributed by atoms with E-state index >= 15 is 0 Å². The van der Waals surface area contributed by atoms with Crippen LogP contribution in [-0.4, -0.2) is 68.7 Å². The molecule has 1 fully saturated rings. The molecule has 1 aliphatic heterocycles. The van der Waals surface area contributed by atoms with Crippen molar-refractivity contribution in [2.75, 3.05) is 39.5 Å². The summed E-state index contributed by atoms with van der Waals surface area (Å²) < 4.78 is 16.0. The fourth-order valence-electron chi connectivity index (χ4n) is 4.50.